The molecule has 0 aliphatic heterocycles. The fourth-order valence-electron chi connectivity index (χ4n) is 0.921. The van der Waals surface area contributed by atoms with Gasteiger partial charge >= 0.3 is 0 Å². The average Bonchev–Trinajstić information content (AvgIpc) is 1.85. The van der Waals surface area contributed by atoms with Gasteiger partial charge in [-0.1, -0.05) is 20.8 Å². The molecule has 0 radical (unpaired) electrons. The summed E-state index contributed by atoms with van der Waals surface area (Å²) in [4.78, 5) is 0. The van der Waals surface area contributed by atoms with Crippen molar-refractivity contribution in [3.63, 3.8) is 0 Å². The van der Waals surface area contributed by atoms with Gasteiger partial charge in [0.1, 0.15) is 5.37 Å². The molecule has 12 heavy (non-hydrogen) atoms. The Hall–Kier alpha value is 0.310. The van der Waals surface area contributed by atoms with Crippen molar-refractivity contribution in [1.29, 1.82) is 0 Å². The lowest BCUT2D eigenvalue weighted by Gasteiger charge is -2.33. The predicted octanol–water partition coefficient (Wildman–Crippen LogP) is 2.63. The van der Waals surface area contributed by atoms with Crippen LogP contribution in [0, 0.1) is 11.8 Å². The Labute approximate surface area is 83.1 Å². The molecule has 0 fully saturated rings. The fourth-order valence-corrected chi connectivity index (χ4v) is 1.25. The van der Waals surface area contributed by atoms with Gasteiger partial charge < -0.3 is 4.48 Å². The lowest BCUT2D eigenvalue weighted by Crippen LogP contribution is -2.42. The second-order valence-electron chi connectivity index (χ2n) is 5.05. The topological polar surface area (TPSA) is 0 Å². The molecule has 0 aliphatic carbocycles. The van der Waals surface area contributed by atoms with Crippen LogP contribution in [0.15, 0.2) is 0 Å². The van der Waals surface area contributed by atoms with E-state index in [-0.39, 0.29) is 0 Å². The van der Waals surface area contributed by atoms with Crippen molar-refractivity contribution in [3.8, 4) is 0 Å². The summed E-state index contributed by atoms with van der Waals surface area (Å²) in [6.07, 6.45) is 1.20. The maximum atomic E-state index is 4.62. The summed E-state index contributed by atoms with van der Waals surface area (Å²) in [6, 6.07) is 0. The van der Waals surface area contributed by atoms with Gasteiger partial charge in [0, 0.05) is 6.42 Å². The molecule has 2 unspecified atom stereocenters. The van der Waals surface area contributed by atoms with Crippen LogP contribution >= 0.6 is 12.6 Å². The molecule has 0 aromatic rings. The molecular weight excluding hydrogens is 166 g/mol. The number of quaternary nitrogens is 1. The van der Waals surface area contributed by atoms with Crippen LogP contribution in [0.1, 0.15) is 27.2 Å². The first-order chi connectivity index (χ1) is 5.25. The molecule has 1 nitrogen and oxygen atoms in total. The van der Waals surface area contributed by atoms with E-state index in [9.17, 15) is 0 Å². The number of rotatable bonds is 4. The molecule has 0 saturated carbocycles. The van der Waals surface area contributed by atoms with E-state index >= 15 is 0 Å². The van der Waals surface area contributed by atoms with Crippen LogP contribution in [0.25, 0.3) is 0 Å². The van der Waals surface area contributed by atoms with Gasteiger partial charge in [-0.3, -0.25) is 0 Å². The van der Waals surface area contributed by atoms with Crippen molar-refractivity contribution in [2.75, 3.05) is 21.1 Å². The Morgan fingerprint density at radius 1 is 1.08 bits per heavy atom. The van der Waals surface area contributed by atoms with Crippen LogP contribution in [0.2, 0.25) is 0 Å². The van der Waals surface area contributed by atoms with Gasteiger partial charge in [0.25, 0.3) is 0 Å². The molecule has 0 rings (SSSR count). The first-order valence-corrected chi connectivity index (χ1v) is 5.26. The van der Waals surface area contributed by atoms with Gasteiger partial charge in [-0.25, -0.2) is 0 Å². The van der Waals surface area contributed by atoms with Gasteiger partial charge in [0.15, 0.2) is 0 Å². The molecule has 0 aromatic heterocycles. The molecule has 0 spiro atoms. The smallest absolute Gasteiger partial charge is 0.132 e. The van der Waals surface area contributed by atoms with Crippen molar-refractivity contribution < 1.29 is 4.48 Å². The van der Waals surface area contributed by atoms with Gasteiger partial charge in [-0.2, -0.15) is 0 Å². The van der Waals surface area contributed by atoms with Gasteiger partial charge in [-0.15, -0.1) is 12.6 Å². The number of hydrogen-bond acceptors (Lipinski definition) is 1. The number of thiol groups is 1. The second kappa shape index (κ2) is 4.52. The SMILES string of the molecule is CC(C)C(C)CC(S)[N+](C)(C)C. The van der Waals surface area contributed by atoms with Gasteiger partial charge in [0.2, 0.25) is 0 Å². The minimum absolute atomic E-state index is 0.461. The summed E-state index contributed by atoms with van der Waals surface area (Å²) < 4.78 is 0.945. The van der Waals surface area contributed by atoms with E-state index in [1.54, 1.807) is 0 Å². The lowest BCUT2D eigenvalue weighted by atomic mass is 9.94. The van der Waals surface area contributed by atoms with Crippen LogP contribution in [0.4, 0.5) is 0 Å². The first kappa shape index (κ1) is 12.3. The highest BCUT2D eigenvalue weighted by atomic mass is 32.1. The van der Waals surface area contributed by atoms with Crippen molar-refractivity contribution in [3.05, 3.63) is 0 Å². The van der Waals surface area contributed by atoms with Crippen molar-refractivity contribution >= 4 is 12.6 Å². The maximum absolute atomic E-state index is 4.62. The van der Waals surface area contributed by atoms with Crippen molar-refractivity contribution in [2.24, 2.45) is 11.8 Å². The minimum Gasteiger partial charge on any atom is -0.320 e. The molecule has 2 heteroatoms. The maximum Gasteiger partial charge on any atom is 0.132 e. The molecule has 0 aliphatic rings. The first-order valence-electron chi connectivity index (χ1n) is 4.74. The van der Waals surface area contributed by atoms with E-state index in [1.165, 1.54) is 6.42 Å². The molecule has 74 valence electrons. The predicted molar refractivity (Wildman–Crippen MR) is 59.4 cm³/mol. The van der Waals surface area contributed by atoms with Gasteiger partial charge in [-0.05, 0) is 11.8 Å². The highest BCUT2D eigenvalue weighted by Gasteiger charge is 2.22. The third kappa shape index (κ3) is 4.36. The number of nitrogens with zero attached hydrogens (tertiary/aromatic N) is 1. The Morgan fingerprint density at radius 3 is 1.75 bits per heavy atom. The normalized spacial score (nSPS) is 18.0. The molecule has 0 heterocycles. The highest BCUT2D eigenvalue weighted by Crippen LogP contribution is 2.22. The average molecular weight is 190 g/mol. The summed E-state index contributed by atoms with van der Waals surface area (Å²) in [5.41, 5.74) is 0. The van der Waals surface area contributed by atoms with Crippen molar-refractivity contribution in [1.82, 2.24) is 0 Å². The summed E-state index contributed by atoms with van der Waals surface area (Å²) in [6.45, 7) is 6.87. The van der Waals surface area contributed by atoms with Crippen LogP contribution in [-0.2, 0) is 0 Å². The molecule has 0 bridgehead atoms. The zero-order valence-corrected chi connectivity index (χ0v) is 10.2. The van der Waals surface area contributed by atoms with E-state index < -0.39 is 0 Å². The Balaban J connectivity index is 3.93. The van der Waals surface area contributed by atoms with Crippen molar-refractivity contribution in [2.45, 2.75) is 32.6 Å². The monoisotopic (exact) mass is 190 g/mol. The zero-order chi connectivity index (χ0) is 9.94. The second-order valence-corrected chi connectivity index (χ2v) is 5.65. The fraction of sp³-hybridized carbons (Fsp3) is 1.00. The third-order valence-corrected chi connectivity index (χ3v) is 3.52. The van der Waals surface area contributed by atoms with E-state index in [2.05, 4.69) is 54.5 Å². The highest BCUT2D eigenvalue weighted by molar-refractivity contribution is 7.80. The molecule has 0 N–H and O–H groups in total. The lowest BCUT2D eigenvalue weighted by molar-refractivity contribution is -0.881. The Bertz CT molecular complexity index is 126. The molecule has 0 saturated heterocycles. The summed E-state index contributed by atoms with van der Waals surface area (Å²) in [5, 5.41) is 0.461. The summed E-state index contributed by atoms with van der Waals surface area (Å²) in [7, 11) is 6.60. The summed E-state index contributed by atoms with van der Waals surface area (Å²) >= 11 is 4.62. The van der Waals surface area contributed by atoms with E-state index in [0.29, 0.717) is 5.37 Å². The van der Waals surface area contributed by atoms with E-state index in [4.69, 9.17) is 0 Å². The summed E-state index contributed by atoms with van der Waals surface area (Å²) in [5.74, 6) is 1.54. The Kier molecular flexibility index (Phi) is 4.64. The minimum atomic E-state index is 0.461. The Morgan fingerprint density at radius 2 is 1.50 bits per heavy atom. The third-order valence-electron chi connectivity index (χ3n) is 2.61. The molecule has 2 atom stereocenters. The largest absolute Gasteiger partial charge is 0.320 e. The zero-order valence-electron chi connectivity index (χ0n) is 9.33. The quantitative estimate of drug-likeness (QED) is 0.393. The number of hydrogen-bond donors (Lipinski definition) is 1. The molecule has 0 amide bonds. The van der Waals surface area contributed by atoms with Crippen LogP contribution in [0.5, 0.6) is 0 Å². The standard InChI is InChI=1S/C10H23NS/c1-8(2)9(3)7-10(12)11(4,5)6/h8-10H,7H2,1-6H3/p+1. The molecule has 0 aromatic carbocycles. The molecular formula is C10H24NS+. The van der Waals surface area contributed by atoms with E-state index in [0.717, 1.165) is 16.3 Å². The van der Waals surface area contributed by atoms with E-state index in [1.807, 2.05) is 0 Å². The van der Waals surface area contributed by atoms with Crippen LogP contribution in [0.3, 0.4) is 0 Å². The van der Waals surface area contributed by atoms with Crippen LogP contribution in [-0.4, -0.2) is 31.0 Å². The van der Waals surface area contributed by atoms with Gasteiger partial charge in [0.05, 0.1) is 21.1 Å². The van der Waals surface area contributed by atoms with Crippen LogP contribution < -0.4 is 0 Å².